The molecule has 0 N–H and O–H groups in total. The van der Waals surface area contributed by atoms with Crippen molar-refractivity contribution >= 4 is 5.91 Å². The second kappa shape index (κ2) is 5.85. The summed E-state index contributed by atoms with van der Waals surface area (Å²) in [5.41, 5.74) is 0.869. The van der Waals surface area contributed by atoms with Gasteiger partial charge in [0.1, 0.15) is 0 Å². The SMILES string of the molecule is Cc1cc([C@@H]2CCCCCN2C(=O)C23CC4CC(CC(C4)C2)C3)on1. The van der Waals surface area contributed by atoms with Gasteiger partial charge in [0.15, 0.2) is 5.76 Å². The average Bonchev–Trinajstić information content (AvgIpc) is 2.86. The standard InChI is InChI=1S/C21H30N2O2/c1-14-7-19(25-22-14)18-5-3-2-4-6-23(18)20(24)21-11-15-8-16(12-21)10-17(9-15)13-21/h7,15-18H,2-6,8-13H2,1H3/t15?,16?,17?,18-,21?/m0/s1. The van der Waals surface area contributed by atoms with Crippen LogP contribution in [0.5, 0.6) is 0 Å². The first-order valence-corrected chi connectivity index (χ1v) is 10.4. The number of amides is 1. The van der Waals surface area contributed by atoms with E-state index in [9.17, 15) is 4.79 Å². The van der Waals surface area contributed by atoms with Crippen molar-refractivity contribution in [1.29, 1.82) is 0 Å². The molecule has 0 unspecified atom stereocenters. The van der Waals surface area contributed by atoms with Crippen LogP contribution in [0.4, 0.5) is 0 Å². The molecule has 4 aliphatic carbocycles. The summed E-state index contributed by atoms with van der Waals surface area (Å²) in [6.45, 7) is 2.86. The minimum Gasteiger partial charge on any atom is -0.359 e. The van der Waals surface area contributed by atoms with E-state index in [4.69, 9.17) is 4.52 Å². The number of rotatable bonds is 2. The molecule has 1 atom stereocenters. The summed E-state index contributed by atoms with van der Waals surface area (Å²) in [6.07, 6.45) is 12.1. The van der Waals surface area contributed by atoms with E-state index in [-0.39, 0.29) is 11.5 Å². The van der Waals surface area contributed by atoms with Gasteiger partial charge in [-0.1, -0.05) is 18.0 Å². The van der Waals surface area contributed by atoms with Crippen LogP contribution in [-0.2, 0) is 4.79 Å². The van der Waals surface area contributed by atoms with Gasteiger partial charge in [-0.3, -0.25) is 4.79 Å². The summed E-state index contributed by atoms with van der Waals surface area (Å²) in [6, 6.07) is 2.14. The normalized spacial score (nSPS) is 40.3. The Labute approximate surface area is 150 Å². The van der Waals surface area contributed by atoms with E-state index in [1.165, 1.54) is 32.1 Å². The van der Waals surface area contributed by atoms with Gasteiger partial charge in [0.05, 0.1) is 17.2 Å². The summed E-state index contributed by atoms with van der Waals surface area (Å²) < 4.78 is 5.61. The molecule has 0 radical (unpaired) electrons. The van der Waals surface area contributed by atoms with E-state index in [0.29, 0.717) is 5.91 Å². The van der Waals surface area contributed by atoms with Crippen molar-refractivity contribution in [2.24, 2.45) is 23.2 Å². The van der Waals surface area contributed by atoms with Crippen molar-refractivity contribution in [2.45, 2.75) is 77.2 Å². The molecule has 6 rings (SSSR count). The Morgan fingerprint density at radius 3 is 2.40 bits per heavy atom. The Morgan fingerprint density at radius 1 is 1.12 bits per heavy atom. The number of likely N-dealkylation sites (tertiary alicyclic amines) is 1. The van der Waals surface area contributed by atoms with Crippen LogP contribution in [-0.4, -0.2) is 22.5 Å². The lowest BCUT2D eigenvalue weighted by Gasteiger charge is -2.57. The molecule has 136 valence electrons. The molecule has 1 amide bonds. The molecule has 1 aliphatic heterocycles. The zero-order valence-corrected chi connectivity index (χ0v) is 15.4. The van der Waals surface area contributed by atoms with Crippen LogP contribution in [0.2, 0.25) is 0 Å². The third-order valence-electron chi connectivity index (χ3n) is 7.48. The highest BCUT2D eigenvalue weighted by atomic mass is 16.5. The minimum absolute atomic E-state index is 0.0492. The van der Waals surface area contributed by atoms with Crippen LogP contribution < -0.4 is 0 Å². The Kier molecular flexibility index (Phi) is 3.72. The molecule has 1 aromatic heterocycles. The van der Waals surface area contributed by atoms with E-state index in [1.807, 2.05) is 13.0 Å². The molecule has 5 fully saturated rings. The van der Waals surface area contributed by atoms with E-state index in [2.05, 4.69) is 10.1 Å². The Hall–Kier alpha value is -1.32. The van der Waals surface area contributed by atoms with Crippen molar-refractivity contribution in [1.82, 2.24) is 10.1 Å². The second-order valence-corrected chi connectivity index (χ2v) is 9.43. The lowest BCUT2D eigenvalue weighted by Crippen LogP contribution is -2.55. The predicted molar refractivity (Wildman–Crippen MR) is 94.8 cm³/mol. The molecular formula is C21H30N2O2. The summed E-state index contributed by atoms with van der Waals surface area (Å²) in [4.78, 5) is 16.1. The molecule has 4 nitrogen and oxygen atoms in total. The number of carbonyl (C=O) groups is 1. The third kappa shape index (κ3) is 2.63. The molecule has 2 heterocycles. The first-order chi connectivity index (χ1) is 12.1. The van der Waals surface area contributed by atoms with Gasteiger partial charge in [0, 0.05) is 12.6 Å². The Balaban J connectivity index is 1.46. The number of hydrogen-bond donors (Lipinski definition) is 0. The van der Waals surface area contributed by atoms with Gasteiger partial charge in [-0.25, -0.2) is 0 Å². The van der Waals surface area contributed by atoms with Gasteiger partial charge < -0.3 is 9.42 Å². The van der Waals surface area contributed by atoms with Crippen molar-refractivity contribution in [3.05, 3.63) is 17.5 Å². The number of aromatic nitrogens is 1. The maximum atomic E-state index is 13.9. The van der Waals surface area contributed by atoms with Crippen LogP contribution in [0, 0.1) is 30.1 Å². The minimum atomic E-state index is -0.0492. The van der Waals surface area contributed by atoms with Crippen molar-refractivity contribution in [3.8, 4) is 0 Å². The van der Waals surface area contributed by atoms with Crippen molar-refractivity contribution in [2.75, 3.05) is 6.54 Å². The topological polar surface area (TPSA) is 46.3 Å². The number of hydrogen-bond acceptors (Lipinski definition) is 3. The van der Waals surface area contributed by atoms with Crippen molar-refractivity contribution < 1.29 is 9.32 Å². The number of aryl methyl sites for hydroxylation is 1. The van der Waals surface area contributed by atoms with Crippen molar-refractivity contribution in [3.63, 3.8) is 0 Å². The van der Waals surface area contributed by atoms with E-state index in [1.54, 1.807) is 0 Å². The lowest BCUT2D eigenvalue weighted by molar-refractivity contribution is -0.160. The smallest absolute Gasteiger partial charge is 0.229 e. The fourth-order valence-corrected chi connectivity index (χ4v) is 6.86. The Morgan fingerprint density at radius 2 is 1.80 bits per heavy atom. The molecule has 1 aromatic rings. The molecule has 0 aromatic carbocycles. The van der Waals surface area contributed by atoms with Crippen LogP contribution >= 0.6 is 0 Å². The van der Waals surface area contributed by atoms with Gasteiger partial charge in [0.25, 0.3) is 0 Å². The fourth-order valence-electron chi connectivity index (χ4n) is 6.86. The highest BCUT2D eigenvalue weighted by molar-refractivity contribution is 5.83. The molecule has 4 bridgehead atoms. The molecular weight excluding hydrogens is 312 g/mol. The molecule has 1 saturated heterocycles. The van der Waals surface area contributed by atoms with E-state index in [0.717, 1.165) is 67.9 Å². The van der Waals surface area contributed by atoms with E-state index < -0.39 is 0 Å². The molecule has 0 spiro atoms. The quantitative estimate of drug-likeness (QED) is 0.786. The van der Waals surface area contributed by atoms with Crippen LogP contribution in [0.15, 0.2) is 10.6 Å². The van der Waals surface area contributed by atoms with Crippen LogP contribution in [0.3, 0.4) is 0 Å². The van der Waals surface area contributed by atoms with Crippen LogP contribution in [0.1, 0.15) is 81.7 Å². The maximum absolute atomic E-state index is 13.9. The Bertz CT molecular complexity index is 629. The largest absolute Gasteiger partial charge is 0.359 e. The highest BCUT2D eigenvalue weighted by Gasteiger charge is 2.56. The summed E-state index contributed by atoms with van der Waals surface area (Å²) >= 11 is 0. The average molecular weight is 342 g/mol. The third-order valence-corrected chi connectivity index (χ3v) is 7.48. The zero-order chi connectivity index (χ0) is 17.0. The highest BCUT2D eigenvalue weighted by Crippen LogP contribution is 2.61. The van der Waals surface area contributed by atoms with Crippen LogP contribution in [0.25, 0.3) is 0 Å². The maximum Gasteiger partial charge on any atom is 0.229 e. The zero-order valence-electron chi connectivity index (χ0n) is 15.4. The van der Waals surface area contributed by atoms with Gasteiger partial charge in [-0.05, 0) is 76.0 Å². The van der Waals surface area contributed by atoms with Gasteiger partial charge in [-0.2, -0.15) is 0 Å². The summed E-state index contributed by atoms with van der Waals surface area (Å²) in [5, 5.41) is 4.10. The summed E-state index contributed by atoms with van der Waals surface area (Å²) in [7, 11) is 0. The first kappa shape index (κ1) is 15.9. The predicted octanol–water partition coefficient (Wildman–Crippen LogP) is 4.64. The molecule has 4 heteroatoms. The molecule has 5 aliphatic rings. The monoisotopic (exact) mass is 342 g/mol. The van der Waals surface area contributed by atoms with E-state index >= 15 is 0 Å². The number of nitrogens with zero attached hydrogens (tertiary/aromatic N) is 2. The second-order valence-electron chi connectivity index (χ2n) is 9.43. The van der Waals surface area contributed by atoms with Gasteiger partial charge >= 0.3 is 0 Å². The lowest BCUT2D eigenvalue weighted by atomic mass is 9.49. The molecule has 25 heavy (non-hydrogen) atoms. The number of carbonyl (C=O) groups excluding carboxylic acids is 1. The van der Waals surface area contributed by atoms with Gasteiger partial charge in [0.2, 0.25) is 5.91 Å². The summed E-state index contributed by atoms with van der Waals surface area (Å²) in [5.74, 6) is 3.79. The first-order valence-electron chi connectivity index (χ1n) is 10.4. The molecule has 4 saturated carbocycles. The van der Waals surface area contributed by atoms with Gasteiger partial charge in [-0.15, -0.1) is 0 Å². The fraction of sp³-hybridized carbons (Fsp3) is 0.810.